The molecule has 2 saturated heterocycles. The van der Waals surface area contributed by atoms with Gasteiger partial charge in [-0.05, 0) is 65.0 Å². The largest absolute Gasteiger partial charge is 0.444 e. The first-order valence-electron chi connectivity index (χ1n) is 9.84. The molecule has 0 unspecified atom stereocenters. The monoisotopic (exact) mass is 360 g/mol. The predicted octanol–water partition coefficient (Wildman–Crippen LogP) is 4.53. The molecule has 1 aliphatic carbocycles. The van der Waals surface area contributed by atoms with E-state index in [4.69, 9.17) is 4.74 Å². The Morgan fingerprint density at radius 1 is 1.15 bits per heavy atom. The molecular formula is C21H29FN2O2. The third kappa shape index (κ3) is 3.28. The minimum atomic E-state index is -1.04. The van der Waals surface area contributed by atoms with Crippen LogP contribution in [0.1, 0.15) is 52.9 Å². The molecule has 3 fully saturated rings. The van der Waals surface area contributed by atoms with Crippen molar-refractivity contribution in [3.63, 3.8) is 0 Å². The highest BCUT2D eigenvalue weighted by Crippen LogP contribution is 2.44. The number of fused-ring (bicyclic) bond motifs is 2. The Labute approximate surface area is 155 Å². The summed E-state index contributed by atoms with van der Waals surface area (Å²) >= 11 is 0. The number of hydrogen-bond donors (Lipinski definition) is 0. The molecule has 3 aliphatic rings. The summed E-state index contributed by atoms with van der Waals surface area (Å²) < 4.78 is 21.2. The number of carbonyl (C=O) groups excluding carboxylic acids is 1. The van der Waals surface area contributed by atoms with E-state index in [9.17, 15) is 4.79 Å². The Hall–Kier alpha value is -1.78. The number of amides is 1. The number of anilines is 1. The van der Waals surface area contributed by atoms with E-state index in [1.807, 2.05) is 39.0 Å². The van der Waals surface area contributed by atoms with Crippen LogP contribution in [0.15, 0.2) is 30.3 Å². The highest BCUT2D eigenvalue weighted by Gasteiger charge is 2.53. The van der Waals surface area contributed by atoms with Gasteiger partial charge < -0.3 is 9.64 Å². The number of benzene rings is 1. The summed E-state index contributed by atoms with van der Waals surface area (Å²) in [6, 6.07) is 10.2. The maximum absolute atomic E-state index is 15.6. The van der Waals surface area contributed by atoms with Crippen molar-refractivity contribution < 1.29 is 13.9 Å². The van der Waals surface area contributed by atoms with Gasteiger partial charge in [0, 0.05) is 17.8 Å². The molecule has 4 nitrogen and oxygen atoms in total. The zero-order chi connectivity index (χ0) is 18.5. The van der Waals surface area contributed by atoms with Gasteiger partial charge in [-0.1, -0.05) is 18.2 Å². The molecule has 5 heteroatoms. The SMILES string of the molecule is CC(C)(C)OC(=O)N1[C@H]2CC[C@@H]1[C@@H](F)[C@@H](N(c1ccccc1)C1CC1)C2. The van der Waals surface area contributed by atoms with Crippen LogP contribution in [0.2, 0.25) is 0 Å². The molecule has 1 saturated carbocycles. The summed E-state index contributed by atoms with van der Waals surface area (Å²) in [5.41, 5.74) is 0.552. The van der Waals surface area contributed by atoms with Crippen molar-refractivity contribution in [3.8, 4) is 0 Å². The van der Waals surface area contributed by atoms with E-state index in [0.29, 0.717) is 12.5 Å². The van der Waals surface area contributed by atoms with Gasteiger partial charge in [0.05, 0.1) is 12.1 Å². The standard InChI is InChI=1S/C21H29FN2O2/c1-21(2,3)26-20(25)24-16-11-12-17(24)19(22)18(13-16)23(15-9-10-15)14-7-5-4-6-8-14/h4-8,15-19H,9-13H2,1-3H3/t16-,17+,18-,19+/m0/s1. The second-order valence-electron chi connectivity index (χ2n) is 8.91. The lowest BCUT2D eigenvalue weighted by Crippen LogP contribution is -2.60. The fraction of sp³-hybridized carbons (Fsp3) is 0.667. The van der Waals surface area contributed by atoms with Crippen molar-refractivity contribution in [2.24, 2.45) is 0 Å². The summed E-state index contributed by atoms with van der Waals surface area (Å²) in [4.78, 5) is 16.6. The number of halogens is 1. The molecule has 2 aliphatic heterocycles. The van der Waals surface area contributed by atoms with E-state index in [0.717, 1.165) is 31.4 Å². The van der Waals surface area contributed by atoms with Crippen molar-refractivity contribution in [1.82, 2.24) is 4.90 Å². The molecule has 4 atom stereocenters. The molecule has 0 radical (unpaired) electrons. The molecule has 26 heavy (non-hydrogen) atoms. The third-order valence-corrected chi connectivity index (χ3v) is 5.75. The van der Waals surface area contributed by atoms with Gasteiger partial charge in [-0.3, -0.25) is 4.90 Å². The lowest BCUT2D eigenvalue weighted by atomic mass is 9.93. The molecule has 2 bridgehead atoms. The average molecular weight is 360 g/mol. The summed E-state index contributed by atoms with van der Waals surface area (Å²) in [5.74, 6) is 0. The zero-order valence-electron chi connectivity index (χ0n) is 15.9. The molecule has 0 N–H and O–H groups in total. The van der Waals surface area contributed by atoms with Crippen LogP contribution in [0.4, 0.5) is 14.9 Å². The lowest BCUT2D eigenvalue weighted by molar-refractivity contribution is -0.0108. The van der Waals surface area contributed by atoms with Gasteiger partial charge in [0.1, 0.15) is 11.8 Å². The van der Waals surface area contributed by atoms with Gasteiger partial charge >= 0.3 is 6.09 Å². The van der Waals surface area contributed by atoms with Crippen molar-refractivity contribution in [3.05, 3.63) is 30.3 Å². The van der Waals surface area contributed by atoms with E-state index in [1.165, 1.54) is 0 Å². The van der Waals surface area contributed by atoms with Crippen molar-refractivity contribution in [2.75, 3.05) is 4.90 Å². The predicted molar refractivity (Wildman–Crippen MR) is 100 cm³/mol. The number of ether oxygens (including phenoxy) is 1. The minimum Gasteiger partial charge on any atom is -0.444 e. The van der Waals surface area contributed by atoms with E-state index in [2.05, 4.69) is 17.0 Å². The maximum Gasteiger partial charge on any atom is 0.410 e. The lowest BCUT2D eigenvalue weighted by Gasteiger charge is -2.46. The van der Waals surface area contributed by atoms with Crippen LogP contribution in [0.5, 0.6) is 0 Å². The fourth-order valence-electron chi connectivity index (χ4n) is 4.61. The van der Waals surface area contributed by atoms with Gasteiger partial charge in [0.15, 0.2) is 0 Å². The highest BCUT2D eigenvalue weighted by atomic mass is 19.1. The fourth-order valence-corrected chi connectivity index (χ4v) is 4.61. The number of piperidine rings is 1. The van der Waals surface area contributed by atoms with Crippen LogP contribution in [-0.2, 0) is 4.74 Å². The first-order chi connectivity index (χ1) is 12.3. The smallest absolute Gasteiger partial charge is 0.410 e. The topological polar surface area (TPSA) is 32.8 Å². The summed E-state index contributed by atoms with van der Waals surface area (Å²) in [6.07, 6.45) is 3.14. The van der Waals surface area contributed by atoms with Crippen molar-refractivity contribution >= 4 is 11.8 Å². The van der Waals surface area contributed by atoms with E-state index >= 15 is 4.39 Å². The summed E-state index contributed by atoms with van der Waals surface area (Å²) in [5, 5.41) is 0. The number of para-hydroxylation sites is 1. The van der Waals surface area contributed by atoms with Gasteiger partial charge in [-0.2, -0.15) is 0 Å². The van der Waals surface area contributed by atoms with Crippen LogP contribution in [0.25, 0.3) is 0 Å². The Kier molecular flexibility index (Phi) is 4.36. The zero-order valence-corrected chi connectivity index (χ0v) is 15.9. The van der Waals surface area contributed by atoms with E-state index < -0.39 is 11.8 Å². The Bertz CT molecular complexity index is 656. The van der Waals surface area contributed by atoms with E-state index in [-0.39, 0.29) is 24.2 Å². The number of nitrogens with zero attached hydrogens (tertiary/aromatic N) is 2. The average Bonchev–Trinajstić information content (AvgIpc) is 3.33. The number of rotatable bonds is 3. The highest BCUT2D eigenvalue weighted by molar-refractivity contribution is 5.70. The molecule has 1 aromatic rings. The van der Waals surface area contributed by atoms with Crippen LogP contribution in [-0.4, -0.2) is 46.9 Å². The molecule has 1 amide bonds. The first-order valence-corrected chi connectivity index (χ1v) is 9.84. The quantitative estimate of drug-likeness (QED) is 0.794. The van der Waals surface area contributed by atoms with Gasteiger partial charge in [-0.25, -0.2) is 9.18 Å². The van der Waals surface area contributed by atoms with E-state index in [1.54, 1.807) is 4.90 Å². The van der Waals surface area contributed by atoms with Crippen LogP contribution < -0.4 is 4.90 Å². The first kappa shape index (κ1) is 17.6. The summed E-state index contributed by atoms with van der Waals surface area (Å²) in [7, 11) is 0. The van der Waals surface area contributed by atoms with Crippen LogP contribution in [0.3, 0.4) is 0 Å². The molecule has 0 spiro atoms. The minimum absolute atomic E-state index is 0.0804. The normalized spacial score (nSPS) is 31.0. The molecule has 142 valence electrons. The Morgan fingerprint density at radius 3 is 2.46 bits per heavy atom. The molecule has 0 aromatic heterocycles. The van der Waals surface area contributed by atoms with Gasteiger partial charge in [0.2, 0.25) is 0 Å². The molecule has 2 heterocycles. The molecule has 4 rings (SSSR count). The molecular weight excluding hydrogens is 331 g/mol. The van der Waals surface area contributed by atoms with Crippen molar-refractivity contribution in [1.29, 1.82) is 0 Å². The Balaban J connectivity index is 1.56. The third-order valence-electron chi connectivity index (χ3n) is 5.75. The second kappa shape index (κ2) is 6.43. The number of carbonyl (C=O) groups is 1. The Morgan fingerprint density at radius 2 is 1.85 bits per heavy atom. The number of hydrogen-bond acceptors (Lipinski definition) is 3. The van der Waals surface area contributed by atoms with Gasteiger partial charge in [-0.15, -0.1) is 0 Å². The van der Waals surface area contributed by atoms with Crippen LogP contribution in [0, 0.1) is 0 Å². The maximum atomic E-state index is 15.6. The second-order valence-corrected chi connectivity index (χ2v) is 8.91. The molecule has 1 aromatic carbocycles. The van der Waals surface area contributed by atoms with Gasteiger partial charge in [0.25, 0.3) is 0 Å². The van der Waals surface area contributed by atoms with Crippen LogP contribution >= 0.6 is 0 Å². The summed E-state index contributed by atoms with van der Waals surface area (Å²) in [6.45, 7) is 5.57. The number of alkyl halides is 1. The van der Waals surface area contributed by atoms with Crippen molar-refractivity contribution in [2.45, 2.75) is 88.8 Å².